The van der Waals surface area contributed by atoms with Crippen molar-refractivity contribution >= 4 is 5.91 Å². The fourth-order valence-electron chi connectivity index (χ4n) is 1.96. The lowest BCUT2D eigenvalue weighted by Crippen LogP contribution is -2.43. The number of amides is 1. The van der Waals surface area contributed by atoms with Crippen LogP contribution in [-0.2, 0) is 4.79 Å². The summed E-state index contributed by atoms with van der Waals surface area (Å²) in [5, 5.41) is 12.7. The van der Waals surface area contributed by atoms with Crippen molar-refractivity contribution in [3.8, 4) is 0 Å². The van der Waals surface area contributed by atoms with Crippen LogP contribution in [0.3, 0.4) is 0 Å². The molecule has 0 aromatic heterocycles. The van der Waals surface area contributed by atoms with Crippen molar-refractivity contribution in [1.82, 2.24) is 5.32 Å². The van der Waals surface area contributed by atoms with Crippen LogP contribution in [0.15, 0.2) is 60.7 Å². The van der Waals surface area contributed by atoms with E-state index in [0.717, 1.165) is 11.1 Å². The van der Waals surface area contributed by atoms with E-state index in [1.165, 1.54) is 13.8 Å². The second-order valence-electron chi connectivity index (χ2n) is 5.29. The van der Waals surface area contributed by atoms with Gasteiger partial charge in [0.25, 0.3) is 5.91 Å². The van der Waals surface area contributed by atoms with Gasteiger partial charge in [-0.1, -0.05) is 60.7 Å². The first kappa shape index (κ1) is 14.3. The summed E-state index contributed by atoms with van der Waals surface area (Å²) in [5.41, 5.74) is 0.564. The molecule has 0 aliphatic rings. The van der Waals surface area contributed by atoms with E-state index in [4.69, 9.17) is 0 Å². The van der Waals surface area contributed by atoms with Gasteiger partial charge in [-0.05, 0) is 25.0 Å². The molecule has 0 saturated heterocycles. The topological polar surface area (TPSA) is 49.3 Å². The molecule has 0 saturated carbocycles. The third-order valence-electron chi connectivity index (χ3n) is 3.10. The van der Waals surface area contributed by atoms with E-state index in [1.54, 1.807) is 0 Å². The van der Waals surface area contributed by atoms with E-state index in [0.29, 0.717) is 0 Å². The van der Waals surface area contributed by atoms with Gasteiger partial charge in [0.2, 0.25) is 0 Å². The number of carbonyl (C=O) groups is 1. The Kier molecular flexibility index (Phi) is 4.20. The SMILES string of the molecule is CC(C)(O)C(=O)NC(c1ccccc1)c1ccccc1. The third-order valence-corrected chi connectivity index (χ3v) is 3.10. The lowest BCUT2D eigenvalue weighted by Gasteiger charge is -2.24. The van der Waals surface area contributed by atoms with Crippen molar-refractivity contribution in [3.63, 3.8) is 0 Å². The van der Waals surface area contributed by atoms with E-state index >= 15 is 0 Å². The fourth-order valence-corrected chi connectivity index (χ4v) is 1.96. The number of hydrogen-bond acceptors (Lipinski definition) is 2. The van der Waals surface area contributed by atoms with Gasteiger partial charge in [0.05, 0.1) is 6.04 Å². The van der Waals surface area contributed by atoms with Crippen LogP contribution in [0.5, 0.6) is 0 Å². The van der Waals surface area contributed by atoms with Crippen LogP contribution in [-0.4, -0.2) is 16.6 Å². The summed E-state index contributed by atoms with van der Waals surface area (Å²) in [4.78, 5) is 12.1. The molecule has 3 nitrogen and oxygen atoms in total. The predicted octanol–water partition coefficient (Wildman–Crippen LogP) is 2.66. The maximum Gasteiger partial charge on any atom is 0.252 e. The molecule has 104 valence electrons. The summed E-state index contributed by atoms with van der Waals surface area (Å²) >= 11 is 0. The average Bonchev–Trinajstić information content (AvgIpc) is 2.45. The Bertz CT molecular complexity index is 519. The number of aliphatic hydroxyl groups is 1. The third kappa shape index (κ3) is 3.45. The maximum absolute atomic E-state index is 12.1. The molecule has 0 bridgehead atoms. The molecule has 2 aromatic carbocycles. The van der Waals surface area contributed by atoms with E-state index in [-0.39, 0.29) is 6.04 Å². The van der Waals surface area contributed by atoms with Crippen molar-refractivity contribution < 1.29 is 9.90 Å². The Labute approximate surface area is 119 Å². The first-order valence-electron chi connectivity index (χ1n) is 6.62. The lowest BCUT2D eigenvalue weighted by molar-refractivity contribution is -0.136. The van der Waals surface area contributed by atoms with Crippen LogP contribution in [0.1, 0.15) is 31.0 Å². The van der Waals surface area contributed by atoms with Gasteiger partial charge in [-0.2, -0.15) is 0 Å². The Morgan fingerprint density at radius 2 is 1.35 bits per heavy atom. The zero-order valence-electron chi connectivity index (χ0n) is 11.7. The minimum atomic E-state index is -1.40. The van der Waals surface area contributed by atoms with Crippen LogP contribution >= 0.6 is 0 Å². The first-order chi connectivity index (χ1) is 9.48. The number of hydrogen-bond donors (Lipinski definition) is 2. The lowest BCUT2D eigenvalue weighted by atomic mass is 9.97. The summed E-state index contributed by atoms with van der Waals surface area (Å²) in [5.74, 6) is -0.393. The molecule has 0 aliphatic heterocycles. The van der Waals surface area contributed by atoms with Gasteiger partial charge in [0.1, 0.15) is 5.60 Å². The van der Waals surface area contributed by atoms with E-state index < -0.39 is 11.5 Å². The quantitative estimate of drug-likeness (QED) is 0.896. The molecule has 2 aromatic rings. The normalized spacial score (nSPS) is 11.4. The number of rotatable bonds is 4. The van der Waals surface area contributed by atoms with Gasteiger partial charge in [-0.15, -0.1) is 0 Å². The number of benzene rings is 2. The highest BCUT2D eigenvalue weighted by Crippen LogP contribution is 2.22. The Balaban J connectivity index is 2.34. The zero-order valence-corrected chi connectivity index (χ0v) is 11.7. The van der Waals surface area contributed by atoms with Gasteiger partial charge in [0.15, 0.2) is 0 Å². The summed E-state index contributed by atoms with van der Waals surface area (Å²) in [7, 11) is 0. The van der Waals surface area contributed by atoms with Crippen LogP contribution in [0.2, 0.25) is 0 Å². The molecule has 0 heterocycles. The highest BCUT2D eigenvalue weighted by molar-refractivity contribution is 5.84. The molecule has 3 heteroatoms. The number of nitrogens with one attached hydrogen (secondary N) is 1. The van der Waals surface area contributed by atoms with Gasteiger partial charge in [-0.25, -0.2) is 0 Å². The second-order valence-corrected chi connectivity index (χ2v) is 5.29. The summed E-state index contributed by atoms with van der Waals surface area (Å²) in [6.45, 7) is 2.96. The Morgan fingerprint density at radius 3 is 1.70 bits per heavy atom. The smallest absolute Gasteiger partial charge is 0.252 e. The molecule has 2 rings (SSSR count). The minimum Gasteiger partial charge on any atom is -0.381 e. The van der Waals surface area contributed by atoms with Gasteiger partial charge in [0, 0.05) is 0 Å². The van der Waals surface area contributed by atoms with Crippen molar-refractivity contribution in [3.05, 3.63) is 71.8 Å². The summed E-state index contributed by atoms with van der Waals surface area (Å²) in [6, 6.07) is 19.2. The van der Waals surface area contributed by atoms with Gasteiger partial charge < -0.3 is 10.4 Å². The van der Waals surface area contributed by atoms with E-state index in [9.17, 15) is 9.90 Å². The van der Waals surface area contributed by atoms with Crippen molar-refractivity contribution in [2.45, 2.75) is 25.5 Å². The predicted molar refractivity (Wildman–Crippen MR) is 79.2 cm³/mol. The average molecular weight is 269 g/mol. The Hall–Kier alpha value is -2.13. The largest absolute Gasteiger partial charge is 0.381 e. The minimum absolute atomic E-state index is 0.267. The molecule has 0 unspecified atom stereocenters. The molecule has 0 fully saturated rings. The number of carbonyl (C=O) groups excluding carboxylic acids is 1. The van der Waals surface area contributed by atoms with Crippen molar-refractivity contribution in [2.24, 2.45) is 0 Å². The van der Waals surface area contributed by atoms with Crippen molar-refractivity contribution in [2.75, 3.05) is 0 Å². The van der Waals surface area contributed by atoms with Crippen molar-refractivity contribution in [1.29, 1.82) is 0 Å². The molecule has 1 amide bonds. The molecule has 0 atom stereocenters. The molecule has 0 aliphatic carbocycles. The van der Waals surface area contributed by atoms with E-state index in [2.05, 4.69) is 5.32 Å². The van der Waals surface area contributed by atoms with Crippen LogP contribution in [0, 0.1) is 0 Å². The maximum atomic E-state index is 12.1. The van der Waals surface area contributed by atoms with Crippen LogP contribution in [0.25, 0.3) is 0 Å². The molecular weight excluding hydrogens is 250 g/mol. The van der Waals surface area contributed by atoms with Crippen LogP contribution < -0.4 is 5.32 Å². The van der Waals surface area contributed by atoms with Gasteiger partial charge in [-0.3, -0.25) is 4.79 Å². The molecule has 20 heavy (non-hydrogen) atoms. The fraction of sp³-hybridized carbons (Fsp3) is 0.235. The molecular formula is C17H19NO2. The highest BCUT2D eigenvalue weighted by atomic mass is 16.3. The highest BCUT2D eigenvalue weighted by Gasteiger charge is 2.27. The van der Waals surface area contributed by atoms with Gasteiger partial charge >= 0.3 is 0 Å². The standard InChI is InChI=1S/C17H19NO2/c1-17(2,20)16(19)18-15(13-9-5-3-6-10-13)14-11-7-4-8-12-14/h3-12,15,20H,1-2H3,(H,18,19). The molecule has 0 radical (unpaired) electrons. The van der Waals surface area contributed by atoms with Crippen LogP contribution in [0.4, 0.5) is 0 Å². The zero-order chi connectivity index (χ0) is 14.6. The van der Waals surface area contributed by atoms with E-state index in [1.807, 2.05) is 60.7 Å². The Morgan fingerprint density at radius 1 is 0.950 bits per heavy atom. The molecule has 0 spiro atoms. The summed E-state index contributed by atoms with van der Waals surface area (Å²) in [6.07, 6.45) is 0. The monoisotopic (exact) mass is 269 g/mol. The summed E-state index contributed by atoms with van der Waals surface area (Å²) < 4.78 is 0. The second kappa shape index (κ2) is 5.88. The first-order valence-corrected chi connectivity index (χ1v) is 6.62. The molecule has 2 N–H and O–H groups in total.